The highest BCUT2D eigenvalue weighted by molar-refractivity contribution is 5.29. The molecule has 0 spiro atoms. The standard InChI is InChI=1S/C15H26N2O/c1-11-7-12(2)9-14(8-11)10-15(17-16)6-5-13(3)18-4/h7-9,13,15,17H,5-6,10,16H2,1-4H3. The van der Waals surface area contributed by atoms with Crippen LogP contribution in [-0.2, 0) is 11.2 Å². The van der Waals surface area contributed by atoms with Gasteiger partial charge in [0.05, 0.1) is 6.10 Å². The Bertz CT molecular complexity index is 345. The van der Waals surface area contributed by atoms with Crippen LogP contribution in [0.3, 0.4) is 0 Å². The van der Waals surface area contributed by atoms with Gasteiger partial charge in [0, 0.05) is 13.2 Å². The molecular formula is C15H26N2O. The van der Waals surface area contributed by atoms with Crippen molar-refractivity contribution >= 4 is 0 Å². The molecule has 0 aliphatic heterocycles. The predicted octanol–water partition coefficient (Wildman–Crippen LogP) is 2.49. The highest BCUT2D eigenvalue weighted by Gasteiger charge is 2.10. The minimum absolute atomic E-state index is 0.292. The van der Waals surface area contributed by atoms with Gasteiger partial charge in [0.15, 0.2) is 0 Å². The molecule has 2 unspecified atom stereocenters. The first-order chi connectivity index (χ1) is 8.55. The summed E-state index contributed by atoms with van der Waals surface area (Å²) in [6.07, 6.45) is 3.31. The molecule has 0 aliphatic carbocycles. The minimum Gasteiger partial charge on any atom is -0.382 e. The molecule has 0 saturated carbocycles. The molecule has 3 N–H and O–H groups in total. The van der Waals surface area contributed by atoms with E-state index in [2.05, 4.69) is 44.4 Å². The van der Waals surface area contributed by atoms with Gasteiger partial charge in [0.25, 0.3) is 0 Å². The van der Waals surface area contributed by atoms with Gasteiger partial charge in [-0.25, -0.2) is 0 Å². The molecule has 1 aromatic carbocycles. The van der Waals surface area contributed by atoms with Crippen LogP contribution in [0.15, 0.2) is 18.2 Å². The first-order valence-corrected chi connectivity index (χ1v) is 6.61. The van der Waals surface area contributed by atoms with Gasteiger partial charge in [0.2, 0.25) is 0 Å². The second kappa shape index (κ2) is 7.52. The highest BCUT2D eigenvalue weighted by atomic mass is 16.5. The minimum atomic E-state index is 0.292. The van der Waals surface area contributed by atoms with Crippen molar-refractivity contribution in [1.82, 2.24) is 5.43 Å². The van der Waals surface area contributed by atoms with Crippen LogP contribution in [0.25, 0.3) is 0 Å². The first-order valence-electron chi connectivity index (χ1n) is 6.61. The molecule has 0 aromatic heterocycles. The van der Waals surface area contributed by atoms with E-state index in [4.69, 9.17) is 10.6 Å². The zero-order valence-corrected chi connectivity index (χ0v) is 12.0. The van der Waals surface area contributed by atoms with Gasteiger partial charge in [-0.1, -0.05) is 29.3 Å². The Kier molecular flexibility index (Phi) is 6.33. The maximum Gasteiger partial charge on any atom is 0.0543 e. The summed E-state index contributed by atoms with van der Waals surface area (Å²) in [5, 5.41) is 0. The third-order valence-corrected chi connectivity index (χ3v) is 3.32. The summed E-state index contributed by atoms with van der Waals surface area (Å²) in [4.78, 5) is 0. The molecule has 2 atom stereocenters. The van der Waals surface area contributed by atoms with Gasteiger partial charge in [-0.3, -0.25) is 11.3 Å². The number of nitrogens with two attached hydrogens (primary N) is 1. The summed E-state index contributed by atoms with van der Waals surface area (Å²) in [5.41, 5.74) is 6.88. The summed E-state index contributed by atoms with van der Waals surface area (Å²) in [6.45, 7) is 6.35. The molecule has 0 fully saturated rings. The molecule has 1 rings (SSSR count). The van der Waals surface area contributed by atoms with E-state index in [0.717, 1.165) is 19.3 Å². The molecule has 0 aliphatic rings. The maximum atomic E-state index is 5.63. The molecule has 0 radical (unpaired) electrons. The Labute approximate surface area is 111 Å². The van der Waals surface area contributed by atoms with Crippen LogP contribution in [0.5, 0.6) is 0 Å². The fraction of sp³-hybridized carbons (Fsp3) is 0.600. The molecule has 1 aromatic rings. The highest BCUT2D eigenvalue weighted by Crippen LogP contribution is 2.13. The Morgan fingerprint density at radius 3 is 2.28 bits per heavy atom. The number of benzene rings is 1. The van der Waals surface area contributed by atoms with Crippen molar-refractivity contribution < 1.29 is 4.74 Å². The fourth-order valence-electron chi connectivity index (χ4n) is 2.27. The molecule has 3 heteroatoms. The number of aryl methyl sites for hydroxylation is 2. The molecular weight excluding hydrogens is 224 g/mol. The van der Waals surface area contributed by atoms with Crippen molar-refractivity contribution in [3.05, 3.63) is 34.9 Å². The summed E-state index contributed by atoms with van der Waals surface area (Å²) >= 11 is 0. The van der Waals surface area contributed by atoms with E-state index in [1.807, 2.05) is 0 Å². The third-order valence-electron chi connectivity index (χ3n) is 3.32. The van der Waals surface area contributed by atoms with E-state index in [1.165, 1.54) is 16.7 Å². The molecule has 0 amide bonds. The van der Waals surface area contributed by atoms with E-state index >= 15 is 0 Å². The number of methoxy groups -OCH3 is 1. The zero-order chi connectivity index (χ0) is 13.5. The van der Waals surface area contributed by atoms with Gasteiger partial charge >= 0.3 is 0 Å². The summed E-state index contributed by atoms with van der Waals surface area (Å²) in [7, 11) is 1.75. The number of hydrogen-bond acceptors (Lipinski definition) is 3. The lowest BCUT2D eigenvalue weighted by Crippen LogP contribution is -2.37. The van der Waals surface area contributed by atoms with Crippen LogP contribution in [0.2, 0.25) is 0 Å². The van der Waals surface area contributed by atoms with Crippen LogP contribution in [0, 0.1) is 13.8 Å². The lowest BCUT2D eigenvalue weighted by molar-refractivity contribution is 0.106. The second-order valence-corrected chi connectivity index (χ2v) is 5.19. The first kappa shape index (κ1) is 15.2. The fourth-order valence-corrected chi connectivity index (χ4v) is 2.27. The van der Waals surface area contributed by atoms with E-state index in [-0.39, 0.29) is 0 Å². The number of ether oxygens (including phenoxy) is 1. The van der Waals surface area contributed by atoms with Crippen LogP contribution < -0.4 is 11.3 Å². The van der Waals surface area contributed by atoms with Crippen molar-refractivity contribution in [3.8, 4) is 0 Å². The summed E-state index contributed by atoms with van der Waals surface area (Å²) in [5.74, 6) is 5.63. The quantitative estimate of drug-likeness (QED) is 0.577. The van der Waals surface area contributed by atoms with Crippen molar-refractivity contribution in [1.29, 1.82) is 0 Å². The Hall–Kier alpha value is -0.900. The van der Waals surface area contributed by atoms with Crippen molar-refractivity contribution in [2.75, 3.05) is 7.11 Å². The summed E-state index contributed by atoms with van der Waals surface area (Å²) < 4.78 is 5.26. The smallest absolute Gasteiger partial charge is 0.0543 e. The number of nitrogens with one attached hydrogen (secondary N) is 1. The second-order valence-electron chi connectivity index (χ2n) is 5.19. The summed E-state index contributed by atoms with van der Waals surface area (Å²) in [6, 6.07) is 6.97. The molecule has 3 nitrogen and oxygen atoms in total. The van der Waals surface area contributed by atoms with E-state index in [1.54, 1.807) is 7.11 Å². The lowest BCUT2D eigenvalue weighted by Gasteiger charge is -2.18. The van der Waals surface area contributed by atoms with Gasteiger partial charge < -0.3 is 4.74 Å². The Balaban J connectivity index is 2.56. The van der Waals surface area contributed by atoms with E-state index in [9.17, 15) is 0 Å². The van der Waals surface area contributed by atoms with Gasteiger partial charge in [-0.2, -0.15) is 0 Å². The van der Waals surface area contributed by atoms with Gasteiger partial charge in [-0.05, 0) is 45.6 Å². The number of hydrazine groups is 1. The SMILES string of the molecule is COC(C)CCC(Cc1cc(C)cc(C)c1)NN. The van der Waals surface area contributed by atoms with Gasteiger partial charge in [-0.15, -0.1) is 0 Å². The van der Waals surface area contributed by atoms with E-state index in [0.29, 0.717) is 12.1 Å². The average molecular weight is 250 g/mol. The van der Waals surface area contributed by atoms with Crippen molar-refractivity contribution in [2.24, 2.45) is 5.84 Å². The zero-order valence-electron chi connectivity index (χ0n) is 12.0. The Morgan fingerprint density at radius 1 is 1.17 bits per heavy atom. The molecule has 0 bridgehead atoms. The van der Waals surface area contributed by atoms with Crippen LogP contribution >= 0.6 is 0 Å². The number of rotatable bonds is 7. The monoisotopic (exact) mass is 250 g/mol. The molecule has 0 heterocycles. The predicted molar refractivity (Wildman–Crippen MR) is 76.4 cm³/mol. The van der Waals surface area contributed by atoms with Crippen LogP contribution in [0.1, 0.15) is 36.5 Å². The third kappa shape index (κ3) is 5.17. The molecule has 0 saturated heterocycles. The van der Waals surface area contributed by atoms with Crippen molar-refractivity contribution in [2.45, 2.75) is 52.2 Å². The van der Waals surface area contributed by atoms with Crippen LogP contribution in [-0.4, -0.2) is 19.3 Å². The van der Waals surface area contributed by atoms with E-state index < -0.39 is 0 Å². The lowest BCUT2D eigenvalue weighted by atomic mass is 9.98. The topological polar surface area (TPSA) is 47.3 Å². The van der Waals surface area contributed by atoms with Crippen molar-refractivity contribution in [3.63, 3.8) is 0 Å². The molecule has 18 heavy (non-hydrogen) atoms. The average Bonchev–Trinajstić information content (AvgIpc) is 2.32. The van der Waals surface area contributed by atoms with Crippen LogP contribution in [0.4, 0.5) is 0 Å². The Morgan fingerprint density at radius 2 is 1.78 bits per heavy atom. The maximum absolute atomic E-state index is 5.63. The molecule has 102 valence electrons. The normalized spacial score (nSPS) is 14.5. The van der Waals surface area contributed by atoms with Gasteiger partial charge in [0.1, 0.15) is 0 Å². The number of hydrogen-bond donors (Lipinski definition) is 2. The largest absolute Gasteiger partial charge is 0.382 e.